The summed E-state index contributed by atoms with van der Waals surface area (Å²) < 4.78 is 23.8. The molecule has 1 unspecified atom stereocenters. The smallest absolute Gasteiger partial charge is 0.229 e. The molecule has 0 amide bonds. The molecule has 2 aromatic carbocycles. The van der Waals surface area contributed by atoms with Crippen LogP contribution >= 0.6 is 0 Å². The summed E-state index contributed by atoms with van der Waals surface area (Å²) in [4.78, 5) is 0. The third-order valence-corrected chi connectivity index (χ3v) is 4.49. The fourth-order valence-electron chi connectivity index (χ4n) is 2.91. The van der Waals surface area contributed by atoms with Crippen LogP contribution in [0, 0.1) is 5.82 Å². The molecule has 1 fully saturated rings. The maximum atomic E-state index is 13.0. The van der Waals surface area contributed by atoms with Crippen LogP contribution in [0.2, 0.25) is 0 Å². The lowest BCUT2D eigenvalue weighted by Crippen LogP contribution is -2.60. The number of ether oxygens (including phenoxy) is 2. The van der Waals surface area contributed by atoms with Crippen LogP contribution in [0.3, 0.4) is 0 Å². The number of halogens is 1. The molecule has 1 aliphatic rings. The first-order valence-electron chi connectivity index (χ1n) is 8.77. The number of hydrogen-bond donors (Lipinski definition) is 6. The average molecular weight is 408 g/mol. The summed E-state index contributed by atoms with van der Waals surface area (Å²) in [5, 5.41) is 59.1. The van der Waals surface area contributed by atoms with Crippen molar-refractivity contribution in [2.45, 2.75) is 30.7 Å². The molecule has 0 radical (unpaired) electrons. The zero-order valence-electron chi connectivity index (χ0n) is 15.1. The number of phenols is 2. The van der Waals surface area contributed by atoms with Gasteiger partial charge in [0.2, 0.25) is 6.29 Å². The van der Waals surface area contributed by atoms with E-state index in [0.717, 1.165) is 6.07 Å². The largest absolute Gasteiger partial charge is 0.508 e. The second-order valence-electron chi connectivity index (χ2n) is 6.58. The van der Waals surface area contributed by atoms with Crippen LogP contribution in [0.4, 0.5) is 4.39 Å². The van der Waals surface area contributed by atoms with Crippen LogP contribution in [0.1, 0.15) is 11.1 Å². The van der Waals surface area contributed by atoms with Crippen LogP contribution in [-0.2, 0) is 4.74 Å². The van der Waals surface area contributed by atoms with Crippen LogP contribution in [0.5, 0.6) is 17.2 Å². The zero-order chi connectivity index (χ0) is 21.1. The molecule has 0 aliphatic carbocycles. The molecule has 9 heteroatoms. The van der Waals surface area contributed by atoms with Crippen molar-refractivity contribution in [1.29, 1.82) is 0 Å². The topological polar surface area (TPSA) is 140 Å². The van der Waals surface area contributed by atoms with Crippen molar-refractivity contribution in [1.82, 2.24) is 0 Å². The quantitative estimate of drug-likeness (QED) is 0.395. The van der Waals surface area contributed by atoms with Crippen LogP contribution in [-0.4, -0.2) is 68.0 Å². The van der Waals surface area contributed by atoms with Gasteiger partial charge in [0.05, 0.1) is 6.61 Å². The van der Waals surface area contributed by atoms with Gasteiger partial charge in [-0.2, -0.15) is 0 Å². The van der Waals surface area contributed by atoms with Gasteiger partial charge in [0, 0.05) is 11.6 Å². The molecular formula is C20H21FO8. The number of aliphatic hydroxyl groups is 4. The third-order valence-electron chi connectivity index (χ3n) is 4.49. The molecule has 2 aromatic rings. The fraction of sp³-hybridized carbons (Fsp3) is 0.300. The Morgan fingerprint density at radius 1 is 0.966 bits per heavy atom. The predicted molar refractivity (Wildman–Crippen MR) is 99.5 cm³/mol. The molecule has 1 heterocycles. The van der Waals surface area contributed by atoms with Gasteiger partial charge in [0.15, 0.2) is 11.5 Å². The molecule has 5 atom stereocenters. The molecular weight excluding hydrogens is 387 g/mol. The third kappa shape index (κ3) is 4.66. The van der Waals surface area contributed by atoms with Crippen LogP contribution < -0.4 is 4.74 Å². The Bertz CT molecular complexity index is 868. The van der Waals surface area contributed by atoms with E-state index in [1.165, 1.54) is 36.4 Å². The summed E-state index contributed by atoms with van der Waals surface area (Å²) in [6.07, 6.45) is -4.52. The Balaban J connectivity index is 1.89. The van der Waals surface area contributed by atoms with E-state index >= 15 is 0 Å². The van der Waals surface area contributed by atoms with Gasteiger partial charge in [-0.05, 0) is 23.8 Å². The molecule has 3 rings (SSSR count). The van der Waals surface area contributed by atoms with Gasteiger partial charge in [0.25, 0.3) is 0 Å². The highest BCUT2D eigenvalue weighted by Crippen LogP contribution is 2.38. The van der Waals surface area contributed by atoms with E-state index in [1.807, 2.05) is 0 Å². The first-order valence-corrected chi connectivity index (χ1v) is 8.77. The number of phenolic OH excluding ortho intramolecular Hbond substituents is 2. The van der Waals surface area contributed by atoms with E-state index in [-0.39, 0.29) is 17.1 Å². The molecule has 0 spiro atoms. The van der Waals surface area contributed by atoms with E-state index in [0.29, 0.717) is 5.56 Å². The van der Waals surface area contributed by atoms with E-state index < -0.39 is 48.9 Å². The Hall–Kier alpha value is -2.69. The predicted octanol–water partition coefficient (Wildman–Crippen LogP) is 0.586. The van der Waals surface area contributed by atoms with Crippen molar-refractivity contribution in [3.8, 4) is 17.2 Å². The minimum atomic E-state index is -1.67. The molecule has 0 saturated carbocycles. The Labute approximate surface area is 165 Å². The summed E-state index contributed by atoms with van der Waals surface area (Å²) in [6, 6.07) is 7.86. The molecule has 1 saturated heterocycles. The summed E-state index contributed by atoms with van der Waals surface area (Å²) in [7, 11) is 0. The lowest BCUT2D eigenvalue weighted by molar-refractivity contribution is -0.277. The minimum absolute atomic E-state index is 0.175. The highest BCUT2D eigenvalue weighted by molar-refractivity contribution is 5.75. The van der Waals surface area contributed by atoms with E-state index in [1.54, 1.807) is 6.08 Å². The van der Waals surface area contributed by atoms with Gasteiger partial charge in [-0.25, -0.2) is 4.39 Å². The number of aromatic hydroxyl groups is 2. The number of hydrogen-bond acceptors (Lipinski definition) is 8. The second kappa shape index (κ2) is 8.76. The minimum Gasteiger partial charge on any atom is -0.508 e. The molecule has 1 aliphatic heterocycles. The summed E-state index contributed by atoms with van der Waals surface area (Å²) >= 11 is 0. The lowest BCUT2D eigenvalue weighted by Gasteiger charge is -2.39. The summed E-state index contributed by atoms with van der Waals surface area (Å²) in [6.45, 7) is -0.635. The van der Waals surface area contributed by atoms with Crippen molar-refractivity contribution in [2.75, 3.05) is 6.61 Å². The van der Waals surface area contributed by atoms with Crippen molar-refractivity contribution >= 4 is 12.2 Å². The Kier molecular flexibility index (Phi) is 6.36. The fourth-order valence-corrected chi connectivity index (χ4v) is 2.91. The maximum Gasteiger partial charge on any atom is 0.229 e. The molecule has 29 heavy (non-hydrogen) atoms. The summed E-state index contributed by atoms with van der Waals surface area (Å²) in [5.41, 5.74) is 0.830. The Morgan fingerprint density at radius 3 is 2.31 bits per heavy atom. The van der Waals surface area contributed by atoms with E-state index in [9.17, 15) is 35.0 Å². The molecule has 156 valence electrons. The maximum absolute atomic E-state index is 13.0. The monoisotopic (exact) mass is 408 g/mol. The molecule has 8 nitrogen and oxygen atoms in total. The SMILES string of the molecule is OC[C@H]1OC(Oc2c(O)cc(O)cc2/C=C/c2ccc(F)cc2)[C@H](O)[C@@H](O)[C@@H]1O. The van der Waals surface area contributed by atoms with Gasteiger partial charge in [0.1, 0.15) is 36.0 Å². The number of rotatable bonds is 5. The zero-order valence-corrected chi connectivity index (χ0v) is 15.1. The lowest BCUT2D eigenvalue weighted by atomic mass is 9.99. The molecule has 6 N–H and O–H groups in total. The van der Waals surface area contributed by atoms with Crippen LogP contribution in [0.25, 0.3) is 12.2 Å². The van der Waals surface area contributed by atoms with Gasteiger partial charge < -0.3 is 40.1 Å². The first kappa shape index (κ1) is 21.0. The van der Waals surface area contributed by atoms with Gasteiger partial charge in [-0.15, -0.1) is 0 Å². The number of aliphatic hydroxyl groups excluding tert-OH is 4. The summed E-state index contributed by atoms with van der Waals surface area (Å²) in [5.74, 6) is -1.31. The number of benzene rings is 2. The Morgan fingerprint density at radius 2 is 1.66 bits per heavy atom. The second-order valence-corrected chi connectivity index (χ2v) is 6.58. The van der Waals surface area contributed by atoms with E-state index in [2.05, 4.69) is 0 Å². The average Bonchev–Trinajstić information content (AvgIpc) is 2.69. The standard InChI is InChI=1S/C20H21FO8/c21-12-5-2-10(3-6-12)1-4-11-7-13(23)8-14(24)19(11)29-20-18(27)17(26)16(25)15(9-22)28-20/h1-8,15-18,20,22-27H,9H2/b4-1+/t15-,16-,17+,18-,20?/m1/s1. The first-order chi connectivity index (χ1) is 13.8. The normalized spacial score (nSPS) is 27.3. The highest BCUT2D eigenvalue weighted by Gasteiger charge is 2.45. The molecule has 0 bridgehead atoms. The van der Waals surface area contributed by atoms with Gasteiger partial charge in [-0.1, -0.05) is 24.3 Å². The molecule has 0 aromatic heterocycles. The van der Waals surface area contributed by atoms with E-state index in [4.69, 9.17) is 9.47 Å². The van der Waals surface area contributed by atoms with Crippen molar-refractivity contribution in [3.63, 3.8) is 0 Å². The highest BCUT2D eigenvalue weighted by atomic mass is 19.1. The van der Waals surface area contributed by atoms with Crippen LogP contribution in [0.15, 0.2) is 36.4 Å². The van der Waals surface area contributed by atoms with Crippen molar-refractivity contribution < 1.29 is 44.5 Å². The van der Waals surface area contributed by atoms with Crippen molar-refractivity contribution in [2.24, 2.45) is 0 Å². The van der Waals surface area contributed by atoms with Gasteiger partial charge in [-0.3, -0.25) is 0 Å². The van der Waals surface area contributed by atoms with Gasteiger partial charge >= 0.3 is 0 Å². The van der Waals surface area contributed by atoms with Crippen molar-refractivity contribution in [3.05, 3.63) is 53.3 Å².